The number of benzene rings is 1. The Bertz CT molecular complexity index is 432. The summed E-state index contributed by atoms with van der Waals surface area (Å²) in [5.41, 5.74) is 0.928. The van der Waals surface area contributed by atoms with Crippen LogP contribution in [-0.2, 0) is 4.79 Å². The van der Waals surface area contributed by atoms with Crippen LogP contribution in [0.2, 0.25) is 0 Å². The Morgan fingerprint density at radius 1 is 1.39 bits per heavy atom. The summed E-state index contributed by atoms with van der Waals surface area (Å²) in [7, 11) is 1.83. The molecule has 96 valence electrons. The fraction of sp³-hybridized carbons (Fsp3) is 0.429. The second-order valence-electron chi connectivity index (χ2n) is 4.39. The molecule has 0 heterocycles. The Morgan fingerprint density at radius 3 is 2.50 bits per heavy atom. The molecule has 0 fully saturated rings. The van der Waals surface area contributed by atoms with Gasteiger partial charge in [0.15, 0.2) is 5.78 Å². The zero-order chi connectivity index (χ0) is 13.5. The van der Waals surface area contributed by atoms with Crippen molar-refractivity contribution in [3.05, 3.63) is 24.3 Å². The number of likely N-dealkylation sites (N-methyl/N-ethyl adjacent to an activating group) is 1. The standard InChI is InChI=1S/C14H18N2O2/c1-11(2)18-14-6-4-12(5-7-14)16(3)10-13(17)8-9-15/h4-7,11H,8,10H2,1-3H3. The van der Waals surface area contributed by atoms with Crippen LogP contribution in [0.15, 0.2) is 24.3 Å². The molecule has 1 aromatic rings. The van der Waals surface area contributed by atoms with Crippen LogP contribution in [-0.4, -0.2) is 25.5 Å². The SMILES string of the molecule is CC(C)Oc1ccc(N(C)CC(=O)CC#N)cc1. The maximum Gasteiger partial charge on any atom is 0.166 e. The van der Waals surface area contributed by atoms with Crippen LogP contribution in [0, 0.1) is 11.3 Å². The highest BCUT2D eigenvalue weighted by atomic mass is 16.5. The lowest BCUT2D eigenvalue weighted by Crippen LogP contribution is -2.25. The molecule has 0 aliphatic carbocycles. The van der Waals surface area contributed by atoms with Crippen molar-refractivity contribution in [1.29, 1.82) is 5.26 Å². The predicted octanol–water partition coefficient (Wildman–Crippen LogP) is 2.39. The topological polar surface area (TPSA) is 53.3 Å². The molecule has 0 saturated carbocycles. The molecule has 0 spiro atoms. The molecule has 1 rings (SSSR count). The lowest BCUT2D eigenvalue weighted by atomic mass is 10.2. The van der Waals surface area contributed by atoms with Gasteiger partial charge in [-0.15, -0.1) is 0 Å². The van der Waals surface area contributed by atoms with E-state index in [1.807, 2.05) is 56.1 Å². The van der Waals surface area contributed by atoms with Gasteiger partial charge in [0.05, 0.1) is 25.1 Å². The largest absolute Gasteiger partial charge is 0.491 e. The van der Waals surface area contributed by atoms with E-state index in [0.717, 1.165) is 11.4 Å². The highest BCUT2D eigenvalue weighted by Crippen LogP contribution is 2.19. The normalized spacial score (nSPS) is 9.94. The third kappa shape index (κ3) is 4.46. The van der Waals surface area contributed by atoms with Crippen molar-refractivity contribution in [2.45, 2.75) is 26.4 Å². The lowest BCUT2D eigenvalue weighted by molar-refractivity contribution is -0.116. The van der Waals surface area contributed by atoms with Crippen LogP contribution in [0.5, 0.6) is 5.75 Å². The average Bonchev–Trinajstić information content (AvgIpc) is 2.29. The van der Waals surface area contributed by atoms with Gasteiger partial charge < -0.3 is 9.64 Å². The summed E-state index contributed by atoms with van der Waals surface area (Å²) < 4.78 is 5.54. The predicted molar refractivity (Wildman–Crippen MR) is 70.7 cm³/mol. The maximum atomic E-state index is 11.4. The minimum atomic E-state index is -0.0810. The first-order chi connectivity index (χ1) is 8.52. The van der Waals surface area contributed by atoms with Gasteiger partial charge in [-0.2, -0.15) is 5.26 Å². The van der Waals surface area contributed by atoms with Crippen LogP contribution in [0.25, 0.3) is 0 Å². The van der Waals surface area contributed by atoms with Crippen LogP contribution in [0.4, 0.5) is 5.69 Å². The van der Waals surface area contributed by atoms with Crippen molar-refractivity contribution in [2.24, 2.45) is 0 Å². The van der Waals surface area contributed by atoms with E-state index in [1.54, 1.807) is 0 Å². The Hall–Kier alpha value is -2.02. The minimum absolute atomic E-state index is 0.0428. The summed E-state index contributed by atoms with van der Waals surface area (Å²) in [6.45, 7) is 4.19. The first-order valence-corrected chi connectivity index (χ1v) is 5.89. The molecule has 0 bridgehead atoms. The summed E-state index contributed by atoms with van der Waals surface area (Å²) in [6, 6.07) is 9.41. The van der Waals surface area contributed by atoms with E-state index in [0.29, 0.717) is 0 Å². The second-order valence-corrected chi connectivity index (χ2v) is 4.39. The smallest absolute Gasteiger partial charge is 0.166 e. The number of anilines is 1. The van der Waals surface area contributed by atoms with Crippen molar-refractivity contribution >= 4 is 11.5 Å². The van der Waals surface area contributed by atoms with Gasteiger partial charge >= 0.3 is 0 Å². The maximum absolute atomic E-state index is 11.4. The number of ether oxygens (including phenoxy) is 1. The fourth-order valence-corrected chi connectivity index (χ4v) is 1.55. The van der Waals surface area contributed by atoms with Gasteiger partial charge in [0, 0.05) is 12.7 Å². The molecule has 0 amide bonds. The highest BCUT2D eigenvalue weighted by molar-refractivity contribution is 5.85. The molecule has 1 aromatic carbocycles. The van der Waals surface area contributed by atoms with Crippen LogP contribution >= 0.6 is 0 Å². The van der Waals surface area contributed by atoms with E-state index in [2.05, 4.69) is 0 Å². The molecule has 18 heavy (non-hydrogen) atoms. The number of hydrogen-bond donors (Lipinski definition) is 0. The second kappa shape index (κ2) is 6.65. The van der Waals surface area contributed by atoms with Crippen molar-refractivity contribution in [2.75, 3.05) is 18.5 Å². The van der Waals surface area contributed by atoms with Crippen LogP contribution in [0.1, 0.15) is 20.3 Å². The van der Waals surface area contributed by atoms with Gasteiger partial charge in [-0.1, -0.05) is 0 Å². The van der Waals surface area contributed by atoms with Crippen molar-refractivity contribution in [3.63, 3.8) is 0 Å². The molecule has 0 aliphatic heterocycles. The fourth-order valence-electron chi connectivity index (χ4n) is 1.55. The van der Waals surface area contributed by atoms with Crippen molar-refractivity contribution < 1.29 is 9.53 Å². The number of carbonyl (C=O) groups is 1. The molecule has 0 aromatic heterocycles. The molecule has 0 saturated heterocycles. The first kappa shape index (κ1) is 14.0. The van der Waals surface area contributed by atoms with E-state index < -0.39 is 0 Å². The quantitative estimate of drug-likeness (QED) is 0.773. The van der Waals surface area contributed by atoms with Crippen LogP contribution in [0.3, 0.4) is 0 Å². The van der Waals surface area contributed by atoms with E-state index in [9.17, 15) is 4.79 Å². The van der Waals surface area contributed by atoms with E-state index in [-0.39, 0.29) is 24.9 Å². The summed E-state index contributed by atoms with van der Waals surface area (Å²) in [5.74, 6) is 0.730. The van der Waals surface area contributed by atoms with Gasteiger partial charge in [0.2, 0.25) is 0 Å². The summed E-state index contributed by atoms with van der Waals surface area (Å²) in [5, 5.41) is 8.43. The summed E-state index contributed by atoms with van der Waals surface area (Å²) in [4.78, 5) is 13.2. The number of carbonyl (C=O) groups excluding carboxylic acids is 1. The van der Waals surface area contributed by atoms with Gasteiger partial charge in [-0.05, 0) is 38.1 Å². The molecular formula is C14H18N2O2. The Kier molecular flexibility index (Phi) is 5.19. The van der Waals surface area contributed by atoms with Gasteiger partial charge in [0.1, 0.15) is 5.75 Å². The summed E-state index contributed by atoms with van der Waals surface area (Å²) >= 11 is 0. The van der Waals surface area contributed by atoms with E-state index >= 15 is 0 Å². The number of rotatable bonds is 6. The first-order valence-electron chi connectivity index (χ1n) is 5.89. The molecule has 4 nitrogen and oxygen atoms in total. The number of nitrogens with zero attached hydrogens (tertiary/aromatic N) is 2. The lowest BCUT2D eigenvalue weighted by Gasteiger charge is -2.18. The molecular weight excluding hydrogens is 228 g/mol. The van der Waals surface area contributed by atoms with E-state index in [4.69, 9.17) is 10.00 Å². The number of Topliss-reactive ketones (excluding diaryl/α,β-unsaturated/α-hetero) is 1. The zero-order valence-corrected chi connectivity index (χ0v) is 11.0. The number of nitriles is 1. The molecule has 0 N–H and O–H groups in total. The third-order valence-corrected chi connectivity index (χ3v) is 2.34. The number of hydrogen-bond acceptors (Lipinski definition) is 4. The zero-order valence-electron chi connectivity index (χ0n) is 11.0. The van der Waals surface area contributed by atoms with Gasteiger partial charge in [-0.3, -0.25) is 4.79 Å². The molecule has 4 heteroatoms. The minimum Gasteiger partial charge on any atom is -0.491 e. The molecule has 0 aliphatic rings. The van der Waals surface area contributed by atoms with Crippen LogP contribution < -0.4 is 9.64 Å². The monoisotopic (exact) mass is 246 g/mol. The average molecular weight is 246 g/mol. The molecule has 0 unspecified atom stereocenters. The van der Waals surface area contributed by atoms with E-state index in [1.165, 1.54) is 0 Å². The third-order valence-electron chi connectivity index (χ3n) is 2.34. The summed E-state index contributed by atoms with van der Waals surface area (Å²) in [6.07, 6.45) is 0.101. The number of ketones is 1. The van der Waals surface area contributed by atoms with Gasteiger partial charge in [-0.25, -0.2) is 0 Å². The molecule has 0 radical (unpaired) electrons. The molecule has 0 atom stereocenters. The Balaban J connectivity index is 2.62. The Morgan fingerprint density at radius 2 is 2.00 bits per heavy atom. The highest BCUT2D eigenvalue weighted by Gasteiger charge is 2.07. The van der Waals surface area contributed by atoms with Gasteiger partial charge in [0.25, 0.3) is 0 Å². The van der Waals surface area contributed by atoms with Crippen molar-refractivity contribution in [1.82, 2.24) is 0 Å². The van der Waals surface area contributed by atoms with Crippen molar-refractivity contribution in [3.8, 4) is 11.8 Å². The Labute approximate surface area is 108 Å².